The van der Waals surface area contributed by atoms with Crippen LogP contribution in [-0.4, -0.2) is 41.9 Å². The molecule has 2 N–H and O–H groups in total. The van der Waals surface area contributed by atoms with E-state index >= 15 is 0 Å². The Morgan fingerprint density at radius 1 is 1.24 bits per heavy atom. The number of carbonyl (C=O) groups is 2. The van der Waals surface area contributed by atoms with Gasteiger partial charge in [0.15, 0.2) is 0 Å². The molecule has 1 fully saturated rings. The van der Waals surface area contributed by atoms with Crippen molar-refractivity contribution in [3.05, 3.63) is 24.2 Å². The second kappa shape index (κ2) is 9.04. The number of hydrogen-bond donors (Lipinski definition) is 2. The van der Waals surface area contributed by atoms with Crippen LogP contribution in [0.25, 0.3) is 0 Å². The molecule has 140 valence electrons. The molecule has 1 atom stereocenters. The molecule has 0 aliphatic heterocycles. The summed E-state index contributed by atoms with van der Waals surface area (Å²) in [6, 6.07) is 3.45. The number of furan rings is 1. The molecular formula is C19H31N3O3. The molecule has 1 aliphatic rings. The standard InChI is InChI=1S/C19H31N3O3/c1-4-22(5-2)18(24)19(11-7-6-8-12-19)20-14-17(23)21-15(3)16-10-9-13-25-16/h9-10,13,15,20H,4-8,11-12,14H2,1-3H3,(H,21,23)/t15-/m1/s1. The molecule has 2 rings (SSSR count). The lowest BCUT2D eigenvalue weighted by Crippen LogP contribution is -2.60. The van der Waals surface area contributed by atoms with Crippen LogP contribution >= 0.6 is 0 Å². The number of nitrogens with one attached hydrogen (secondary N) is 2. The van der Waals surface area contributed by atoms with Gasteiger partial charge < -0.3 is 14.6 Å². The van der Waals surface area contributed by atoms with Crippen molar-refractivity contribution in [3.63, 3.8) is 0 Å². The first-order valence-corrected chi connectivity index (χ1v) is 9.39. The summed E-state index contributed by atoms with van der Waals surface area (Å²) in [5.74, 6) is 0.727. The number of nitrogens with zero attached hydrogens (tertiary/aromatic N) is 1. The first kappa shape index (κ1) is 19.5. The van der Waals surface area contributed by atoms with Gasteiger partial charge in [-0.3, -0.25) is 14.9 Å². The van der Waals surface area contributed by atoms with Crippen LogP contribution in [0.1, 0.15) is 64.7 Å². The van der Waals surface area contributed by atoms with Gasteiger partial charge in [-0.25, -0.2) is 0 Å². The molecule has 0 radical (unpaired) electrons. The lowest BCUT2D eigenvalue weighted by molar-refractivity contribution is -0.139. The Bertz CT molecular complexity index is 546. The molecule has 1 heterocycles. The number of amides is 2. The fourth-order valence-electron chi connectivity index (χ4n) is 3.59. The Morgan fingerprint density at radius 2 is 1.92 bits per heavy atom. The highest BCUT2D eigenvalue weighted by Gasteiger charge is 2.41. The molecule has 25 heavy (non-hydrogen) atoms. The van der Waals surface area contributed by atoms with Crippen molar-refractivity contribution in [1.29, 1.82) is 0 Å². The molecule has 0 unspecified atom stereocenters. The molecule has 0 aromatic carbocycles. The lowest BCUT2D eigenvalue weighted by atomic mass is 9.80. The van der Waals surface area contributed by atoms with Crippen molar-refractivity contribution >= 4 is 11.8 Å². The van der Waals surface area contributed by atoms with Gasteiger partial charge in [-0.1, -0.05) is 19.3 Å². The van der Waals surface area contributed by atoms with Gasteiger partial charge in [0.25, 0.3) is 0 Å². The first-order valence-electron chi connectivity index (χ1n) is 9.39. The lowest BCUT2D eigenvalue weighted by Gasteiger charge is -2.40. The van der Waals surface area contributed by atoms with Gasteiger partial charge in [0.2, 0.25) is 11.8 Å². The van der Waals surface area contributed by atoms with Crippen LogP contribution in [0.4, 0.5) is 0 Å². The molecule has 0 bridgehead atoms. The van der Waals surface area contributed by atoms with Crippen LogP contribution in [-0.2, 0) is 9.59 Å². The van der Waals surface area contributed by atoms with E-state index in [0.717, 1.165) is 37.9 Å². The quantitative estimate of drug-likeness (QED) is 0.756. The Morgan fingerprint density at radius 3 is 2.48 bits per heavy atom. The van der Waals surface area contributed by atoms with E-state index < -0.39 is 5.54 Å². The Hall–Kier alpha value is -1.82. The molecule has 6 heteroatoms. The van der Waals surface area contributed by atoms with Crippen molar-refractivity contribution in [2.24, 2.45) is 0 Å². The monoisotopic (exact) mass is 349 g/mol. The van der Waals surface area contributed by atoms with E-state index in [2.05, 4.69) is 10.6 Å². The third kappa shape index (κ3) is 4.84. The summed E-state index contributed by atoms with van der Waals surface area (Å²) >= 11 is 0. The van der Waals surface area contributed by atoms with E-state index in [1.165, 1.54) is 0 Å². The topological polar surface area (TPSA) is 74.6 Å². The second-order valence-electron chi connectivity index (χ2n) is 6.78. The van der Waals surface area contributed by atoms with Crippen LogP contribution in [0.5, 0.6) is 0 Å². The second-order valence-corrected chi connectivity index (χ2v) is 6.78. The van der Waals surface area contributed by atoms with Gasteiger partial charge in [-0.05, 0) is 45.7 Å². The summed E-state index contributed by atoms with van der Waals surface area (Å²) in [7, 11) is 0. The van der Waals surface area contributed by atoms with Crippen molar-refractivity contribution in [2.45, 2.75) is 64.5 Å². The van der Waals surface area contributed by atoms with Crippen LogP contribution in [0.3, 0.4) is 0 Å². The summed E-state index contributed by atoms with van der Waals surface area (Å²) in [6.07, 6.45) is 6.37. The van der Waals surface area contributed by atoms with Gasteiger partial charge in [-0.15, -0.1) is 0 Å². The van der Waals surface area contributed by atoms with Gasteiger partial charge in [0, 0.05) is 13.1 Å². The van der Waals surface area contributed by atoms with Crippen molar-refractivity contribution in [1.82, 2.24) is 15.5 Å². The average Bonchev–Trinajstić information content (AvgIpc) is 3.16. The maximum atomic E-state index is 13.0. The highest BCUT2D eigenvalue weighted by Crippen LogP contribution is 2.30. The van der Waals surface area contributed by atoms with Gasteiger partial charge in [-0.2, -0.15) is 0 Å². The largest absolute Gasteiger partial charge is 0.467 e. The smallest absolute Gasteiger partial charge is 0.242 e. The molecule has 2 amide bonds. The summed E-state index contributed by atoms with van der Waals surface area (Å²) in [4.78, 5) is 27.2. The SMILES string of the molecule is CCN(CC)C(=O)C1(NCC(=O)N[C@H](C)c2ccco2)CCCCC1. The summed E-state index contributed by atoms with van der Waals surface area (Å²) < 4.78 is 5.31. The molecule has 6 nitrogen and oxygen atoms in total. The number of likely N-dealkylation sites (N-methyl/N-ethyl adjacent to an activating group) is 1. The zero-order chi connectivity index (χ0) is 18.3. The molecule has 0 saturated heterocycles. The fraction of sp³-hybridized carbons (Fsp3) is 0.684. The third-order valence-electron chi connectivity index (χ3n) is 5.10. The first-order chi connectivity index (χ1) is 12.0. The van der Waals surface area contributed by atoms with E-state index in [1.807, 2.05) is 31.7 Å². The van der Waals surface area contributed by atoms with E-state index in [0.29, 0.717) is 13.1 Å². The number of carbonyl (C=O) groups excluding carboxylic acids is 2. The molecule has 1 aliphatic carbocycles. The molecule has 1 saturated carbocycles. The van der Waals surface area contributed by atoms with Crippen LogP contribution in [0, 0.1) is 0 Å². The van der Waals surface area contributed by atoms with E-state index in [1.54, 1.807) is 12.3 Å². The zero-order valence-corrected chi connectivity index (χ0v) is 15.6. The highest BCUT2D eigenvalue weighted by atomic mass is 16.3. The summed E-state index contributed by atoms with van der Waals surface area (Å²) in [5, 5.41) is 6.22. The molecule has 1 aromatic rings. The predicted molar refractivity (Wildman–Crippen MR) is 97.0 cm³/mol. The van der Waals surface area contributed by atoms with Crippen molar-refractivity contribution in [2.75, 3.05) is 19.6 Å². The minimum Gasteiger partial charge on any atom is -0.467 e. The van der Waals surface area contributed by atoms with E-state index in [9.17, 15) is 9.59 Å². The van der Waals surface area contributed by atoms with Crippen molar-refractivity contribution in [3.8, 4) is 0 Å². The van der Waals surface area contributed by atoms with Crippen molar-refractivity contribution < 1.29 is 14.0 Å². The average molecular weight is 349 g/mol. The predicted octanol–water partition coefficient (Wildman–Crippen LogP) is 2.62. The maximum absolute atomic E-state index is 13.0. The number of hydrogen-bond acceptors (Lipinski definition) is 4. The Labute approximate surface area is 150 Å². The van der Waals surface area contributed by atoms with Gasteiger partial charge >= 0.3 is 0 Å². The third-order valence-corrected chi connectivity index (χ3v) is 5.10. The van der Waals surface area contributed by atoms with Crippen LogP contribution < -0.4 is 10.6 Å². The summed E-state index contributed by atoms with van der Waals surface area (Å²) in [6.45, 7) is 7.40. The minimum absolute atomic E-state index is 0.124. The van der Waals surface area contributed by atoms with Gasteiger partial charge in [0.05, 0.1) is 24.4 Å². The number of rotatable bonds is 8. The Kier molecular flexibility index (Phi) is 7.05. The molecular weight excluding hydrogens is 318 g/mol. The maximum Gasteiger partial charge on any atom is 0.242 e. The van der Waals surface area contributed by atoms with Gasteiger partial charge in [0.1, 0.15) is 5.76 Å². The normalized spacial score (nSPS) is 17.7. The van der Waals surface area contributed by atoms with E-state index in [4.69, 9.17) is 4.42 Å². The minimum atomic E-state index is -0.602. The van der Waals surface area contributed by atoms with E-state index in [-0.39, 0.29) is 24.4 Å². The highest BCUT2D eigenvalue weighted by molar-refractivity contribution is 5.87. The van der Waals surface area contributed by atoms with Crippen LogP contribution in [0.2, 0.25) is 0 Å². The zero-order valence-electron chi connectivity index (χ0n) is 15.6. The molecule has 1 aromatic heterocycles. The van der Waals surface area contributed by atoms with Crippen LogP contribution in [0.15, 0.2) is 22.8 Å². The Balaban J connectivity index is 1.97. The fourth-order valence-corrected chi connectivity index (χ4v) is 3.59. The molecule has 0 spiro atoms. The summed E-state index contributed by atoms with van der Waals surface area (Å²) in [5.41, 5.74) is -0.602.